The van der Waals surface area contributed by atoms with Crippen molar-refractivity contribution < 1.29 is 18.7 Å². The number of carbonyl (C=O) groups is 2. The van der Waals surface area contributed by atoms with Crippen LogP contribution in [0.4, 0.5) is 4.39 Å². The number of hydrogen-bond acceptors (Lipinski definition) is 3. The molecule has 0 spiro atoms. The second-order valence-corrected chi connectivity index (χ2v) is 6.40. The van der Waals surface area contributed by atoms with Gasteiger partial charge < -0.3 is 15.0 Å². The molecule has 0 saturated carbocycles. The van der Waals surface area contributed by atoms with Crippen LogP contribution in [0.25, 0.3) is 0 Å². The minimum absolute atomic E-state index is 0.0622. The molecule has 7 heteroatoms. The summed E-state index contributed by atoms with van der Waals surface area (Å²) < 4.78 is 18.8. The molecule has 27 heavy (non-hydrogen) atoms. The van der Waals surface area contributed by atoms with Gasteiger partial charge in [0.2, 0.25) is 5.91 Å². The summed E-state index contributed by atoms with van der Waals surface area (Å²) in [6, 6.07) is 12.7. The Morgan fingerprint density at radius 3 is 2.56 bits per heavy atom. The molecule has 0 aliphatic carbocycles. The van der Waals surface area contributed by atoms with Gasteiger partial charge in [0.1, 0.15) is 6.61 Å². The summed E-state index contributed by atoms with van der Waals surface area (Å²) >= 11 is 5.78. The zero-order chi connectivity index (χ0) is 19.6. The molecule has 0 bridgehead atoms. The summed E-state index contributed by atoms with van der Waals surface area (Å²) in [6.07, 6.45) is 0.827. The van der Waals surface area contributed by atoms with Gasteiger partial charge in [-0.05, 0) is 42.8 Å². The van der Waals surface area contributed by atoms with Gasteiger partial charge in [0, 0.05) is 30.6 Å². The zero-order valence-corrected chi connectivity index (χ0v) is 15.8. The fraction of sp³-hybridized carbons (Fsp3) is 0.300. The minimum atomic E-state index is -0.428. The first-order chi connectivity index (χ1) is 13.0. The third kappa shape index (κ3) is 6.90. The normalized spacial score (nSPS) is 10.3. The summed E-state index contributed by atoms with van der Waals surface area (Å²) in [5.74, 6) is -0.523. The third-order valence-corrected chi connectivity index (χ3v) is 4.16. The number of amides is 2. The molecular weight excluding hydrogens is 371 g/mol. The van der Waals surface area contributed by atoms with Gasteiger partial charge in [0.15, 0.2) is 11.6 Å². The van der Waals surface area contributed by atoms with E-state index in [1.807, 2.05) is 0 Å². The Kier molecular flexibility index (Phi) is 8.07. The molecule has 2 aromatic carbocycles. The molecule has 2 rings (SSSR count). The number of ether oxygens (including phenoxy) is 1. The number of benzene rings is 2. The molecule has 0 unspecified atom stereocenters. The Hall–Kier alpha value is -2.60. The summed E-state index contributed by atoms with van der Waals surface area (Å²) in [5, 5.41) is 3.33. The second-order valence-electron chi connectivity index (χ2n) is 5.96. The summed E-state index contributed by atoms with van der Waals surface area (Å²) in [7, 11) is 1.67. The van der Waals surface area contributed by atoms with E-state index in [4.69, 9.17) is 16.3 Å². The smallest absolute Gasteiger partial charge is 0.251 e. The molecule has 0 aliphatic heterocycles. The van der Waals surface area contributed by atoms with Crippen LogP contribution in [0.2, 0.25) is 5.02 Å². The summed E-state index contributed by atoms with van der Waals surface area (Å²) in [5.41, 5.74) is 0.521. The van der Waals surface area contributed by atoms with Crippen molar-refractivity contribution >= 4 is 23.4 Å². The van der Waals surface area contributed by atoms with Crippen molar-refractivity contribution in [2.24, 2.45) is 0 Å². The van der Waals surface area contributed by atoms with Crippen LogP contribution in [0.15, 0.2) is 48.5 Å². The van der Waals surface area contributed by atoms with Gasteiger partial charge in [0.05, 0.1) is 6.54 Å². The zero-order valence-electron chi connectivity index (χ0n) is 15.1. The van der Waals surface area contributed by atoms with E-state index in [1.165, 1.54) is 11.0 Å². The Morgan fingerprint density at radius 1 is 1.15 bits per heavy atom. The van der Waals surface area contributed by atoms with Crippen LogP contribution in [-0.4, -0.2) is 43.5 Å². The van der Waals surface area contributed by atoms with E-state index in [0.717, 1.165) is 0 Å². The van der Waals surface area contributed by atoms with Crippen molar-refractivity contribution in [1.82, 2.24) is 10.2 Å². The average Bonchev–Trinajstić information content (AvgIpc) is 2.66. The number of nitrogens with zero attached hydrogens (tertiary/aromatic N) is 1. The van der Waals surface area contributed by atoms with Crippen LogP contribution in [0, 0.1) is 5.82 Å². The topological polar surface area (TPSA) is 58.6 Å². The van der Waals surface area contributed by atoms with Crippen molar-refractivity contribution in [2.75, 3.05) is 26.7 Å². The van der Waals surface area contributed by atoms with Gasteiger partial charge >= 0.3 is 0 Å². The van der Waals surface area contributed by atoms with Crippen LogP contribution in [0.1, 0.15) is 23.2 Å². The van der Waals surface area contributed by atoms with Crippen molar-refractivity contribution in [3.05, 3.63) is 64.9 Å². The van der Waals surface area contributed by atoms with Gasteiger partial charge in [-0.15, -0.1) is 0 Å². The monoisotopic (exact) mass is 392 g/mol. The predicted molar refractivity (Wildman–Crippen MR) is 103 cm³/mol. The fourth-order valence-electron chi connectivity index (χ4n) is 2.31. The van der Waals surface area contributed by atoms with Crippen molar-refractivity contribution in [3.8, 4) is 5.75 Å². The number of halogens is 2. The largest absolute Gasteiger partial charge is 0.489 e. The Morgan fingerprint density at radius 2 is 1.85 bits per heavy atom. The van der Waals surface area contributed by atoms with Gasteiger partial charge in [-0.2, -0.15) is 0 Å². The Labute approximate surface area is 163 Å². The predicted octanol–water partition coefficient (Wildman–Crippen LogP) is 3.53. The number of carbonyl (C=O) groups excluding carboxylic acids is 2. The van der Waals surface area contributed by atoms with E-state index < -0.39 is 5.82 Å². The van der Waals surface area contributed by atoms with Crippen LogP contribution >= 0.6 is 11.6 Å². The van der Waals surface area contributed by atoms with Crippen LogP contribution in [0.3, 0.4) is 0 Å². The standard InChI is InChI=1S/C20H22ClFN2O3/c1-24(13-14-27-18-6-3-2-5-17(18)22)19(25)7-4-12-23-20(26)15-8-10-16(21)11-9-15/h2-3,5-6,8-11H,4,7,12-14H2,1H3,(H,23,26). The number of para-hydroxylation sites is 1. The highest BCUT2D eigenvalue weighted by Gasteiger charge is 2.10. The van der Waals surface area contributed by atoms with Crippen molar-refractivity contribution in [1.29, 1.82) is 0 Å². The molecule has 1 N–H and O–H groups in total. The number of nitrogens with one attached hydrogen (secondary N) is 1. The van der Waals surface area contributed by atoms with E-state index in [1.54, 1.807) is 49.5 Å². The van der Waals surface area contributed by atoms with E-state index in [0.29, 0.717) is 36.5 Å². The first kappa shape index (κ1) is 20.7. The molecule has 0 aromatic heterocycles. The first-order valence-corrected chi connectivity index (χ1v) is 9.00. The van der Waals surface area contributed by atoms with Gasteiger partial charge in [-0.25, -0.2) is 4.39 Å². The SMILES string of the molecule is CN(CCOc1ccccc1F)C(=O)CCCNC(=O)c1ccc(Cl)cc1. The maximum Gasteiger partial charge on any atom is 0.251 e. The molecular formula is C20H22ClFN2O3. The van der Waals surface area contributed by atoms with Crippen LogP contribution < -0.4 is 10.1 Å². The second kappa shape index (κ2) is 10.5. The average molecular weight is 393 g/mol. The number of hydrogen-bond donors (Lipinski definition) is 1. The molecule has 0 aliphatic rings. The Bertz CT molecular complexity index is 768. The number of likely N-dealkylation sites (N-methyl/N-ethyl adjacent to an activating group) is 1. The van der Waals surface area contributed by atoms with Gasteiger partial charge in [-0.3, -0.25) is 9.59 Å². The van der Waals surface area contributed by atoms with E-state index in [9.17, 15) is 14.0 Å². The number of rotatable bonds is 9. The quantitative estimate of drug-likeness (QED) is 0.664. The lowest BCUT2D eigenvalue weighted by Crippen LogP contribution is -2.32. The van der Waals surface area contributed by atoms with E-state index in [-0.39, 0.29) is 24.2 Å². The van der Waals surface area contributed by atoms with E-state index in [2.05, 4.69) is 5.32 Å². The Balaban J connectivity index is 1.62. The van der Waals surface area contributed by atoms with Crippen LogP contribution in [-0.2, 0) is 4.79 Å². The van der Waals surface area contributed by atoms with Crippen molar-refractivity contribution in [2.45, 2.75) is 12.8 Å². The molecule has 0 radical (unpaired) electrons. The molecule has 2 aromatic rings. The maximum atomic E-state index is 13.4. The first-order valence-electron chi connectivity index (χ1n) is 8.62. The van der Waals surface area contributed by atoms with Crippen molar-refractivity contribution in [3.63, 3.8) is 0 Å². The molecule has 0 saturated heterocycles. The lowest BCUT2D eigenvalue weighted by Gasteiger charge is -2.17. The molecule has 2 amide bonds. The molecule has 5 nitrogen and oxygen atoms in total. The maximum absolute atomic E-state index is 13.4. The molecule has 0 atom stereocenters. The minimum Gasteiger partial charge on any atom is -0.489 e. The third-order valence-electron chi connectivity index (χ3n) is 3.91. The summed E-state index contributed by atoms with van der Waals surface area (Å²) in [4.78, 5) is 25.5. The molecule has 144 valence electrons. The van der Waals surface area contributed by atoms with Gasteiger partial charge in [0.25, 0.3) is 5.91 Å². The highest BCUT2D eigenvalue weighted by Crippen LogP contribution is 2.15. The summed E-state index contributed by atoms with van der Waals surface area (Å²) in [6.45, 7) is 0.952. The molecule has 0 fully saturated rings. The van der Waals surface area contributed by atoms with E-state index >= 15 is 0 Å². The highest BCUT2D eigenvalue weighted by atomic mass is 35.5. The van der Waals surface area contributed by atoms with Crippen LogP contribution in [0.5, 0.6) is 5.75 Å². The fourth-order valence-corrected chi connectivity index (χ4v) is 2.44. The molecule has 0 heterocycles. The van der Waals surface area contributed by atoms with Gasteiger partial charge in [-0.1, -0.05) is 23.7 Å². The highest BCUT2D eigenvalue weighted by molar-refractivity contribution is 6.30. The lowest BCUT2D eigenvalue weighted by atomic mass is 10.2. The lowest BCUT2D eigenvalue weighted by molar-refractivity contribution is -0.130.